The van der Waals surface area contributed by atoms with Gasteiger partial charge in [0.05, 0.1) is 10.2 Å². The van der Waals surface area contributed by atoms with E-state index in [0.717, 1.165) is 48.0 Å². The summed E-state index contributed by atoms with van der Waals surface area (Å²) < 4.78 is 1.23. The lowest BCUT2D eigenvalue weighted by atomic mass is 10.1. The van der Waals surface area contributed by atoms with Crippen LogP contribution in [-0.2, 0) is 0 Å². The number of anilines is 2. The van der Waals surface area contributed by atoms with Crippen molar-refractivity contribution in [3.63, 3.8) is 0 Å². The van der Waals surface area contributed by atoms with E-state index in [9.17, 15) is 0 Å². The van der Waals surface area contributed by atoms with Crippen molar-refractivity contribution in [1.29, 1.82) is 0 Å². The maximum Gasteiger partial charge on any atom is 0.128 e. The summed E-state index contributed by atoms with van der Waals surface area (Å²) in [6.07, 6.45) is 8.10. The van der Waals surface area contributed by atoms with Crippen LogP contribution in [0.25, 0.3) is 20.8 Å². The van der Waals surface area contributed by atoms with Crippen LogP contribution in [0.2, 0.25) is 0 Å². The average Bonchev–Trinajstić information content (AvgIpc) is 3.38. The van der Waals surface area contributed by atoms with Gasteiger partial charge in [0, 0.05) is 42.8 Å². The quantitative estimate of drug-likeness (QED) is 0.607. The van der Waals surface area contributed by atoms with Crippen LogP contribution in [0.1, 0.15) is 32.1 Å². The van der Waals surface area contributed by atoms with E-state index < -0.39 is 0 Å². The number of benzene rings is 1. The third kappa shape index (κ3) is 3.21. The first-order valence-corrected chi connectivity index (χ1v) is 10.7. The largest absolute Gasteiger partial charge is 0.357 e. The van der Waals surface area contributed by atoms with E-state index in [1.54, 1.807) is 11.3 Å². The molecule has 2 saturated heterocycles. The van der Waals surface area contributed by atoms with E-state index in [1.165, 1.54) is 41.8 Å². The van der Waals surface area contributed by atoms with Crippen molar-refractivity contribution in [2.45, 2.75) is 32.1 Å². The Labute approximate surface area is 164 Å². The fourth-order valence-corrected chi connectivity index (χ4v) is 5.04. The molecule has 27 heavy (non-hydrogen) atoms. The molecule has 4 heterocycles. The Bertz CT molecular complexity index is 970. The Balaban J connectivity index is 1.43. The number of hydrogen-bond donors (Lipinski definition) is 0. The molecule has 1 aromatic carbocycles. The maximum absolute atomic E-state index is 4.84. The third-order valence-corrected chi connectivity index (χ3v) is 6.65. The lowest BCUT2D eigenvalue weighted by Gasteiger charge is -2.30. The zero-order valence-electron chi connectivity index (χ0n) is 15.5. The van der Waals surface area contributed by atoms with Crippen molar-refractivity contribution in [2.75, 3.05) is 29.4 Å². The number of nitrogens with zero attached hydrogens (tertiary/aromatic N) is 4. The second-order valence-corrected chi connectivity index (χ2v) is 8.48. The Morgan fingerprint density at radius 2 is 1.81 bits per heavy atom. The molecule has 0 saturated carbocycles. The van der Waals surface area contributed by atoms with Gasteiger partial charge in [0.1, 0.15) is 10.8 Å². The number of fused-ring (bicyclic) bond motifs is 1. The molecular formula is C22H24N4S. The number of hydrogen-bond acceptors (Lipinski definition) is 5. The predicted molar refractivity (Wildman–Crippen MR) is 115 cm³/mol. The molecule has 0 amide bonds. The molecule has 4 nitrogen and oxygen atoms in total. The first kappa shape index (κ1) is 16.8. The molecule has 3 aromatic rings. The molecule has 2 aromatic heterocycles. The highest BCUT2D eigenvalue weighted by Crippen LogP contribution is 2.35. The second kappa shape index (κ2) is 6.97. The van der Waals surface area contributed by atoms with Crippen molar-refractivity contribution in [2.24, 2.45) is 0 Å². The highest BCUT2D eigenvalue weighted by Gasteiger charge is 2.17. The minimum Gasteiger partial charge on any atom is -0.357 e. The molecule has 0 N–H and O–H groups in total. The topological polar surface area (TPSA) is 32.3 Å². The molecular weight excluding hydrogens is 352 g/mol. The molecule has 0 spiro atoms. The van der Waals surface area contributed by atoms with Crippen molar-refractivity contribution >= 4 is 33.1 Å². The van der Waals surface area contributed by atoms with Gasteiger partial charge in [-0.1, -0.05) is 6.58 Å². The van der Waals surface area contributed by atoms with E-state index in [2.05, 4.69) is 51.7 Å². The molecule has 0 unspecified atom stereocenters. The lowest BCUT2D eigenvalue weighted by Crippen LogP contribution is -2.26. The molecule has 0 radical (unpaired) electrons. The summed E-state index contributed by atoms with van der Waals surface area (Å²) in [5.74, 6) is 1.09. The molecule has 0 aliphatic carbocycles. The summed E-state index contributed by atoms with van der Waals surface area (Å²) in [7, 11) is 0. The number of rotatable bonds is 3. The minimum atomic E-state index is 1.04. The standard InChI is InChI=1S/C22H24N4S/c1-16-6-2-3-13-26(16)18-8-9-19-20(14-18)27-22(24-19)17-7-10-21(23-15-17)25-11-4-5-12-25/h7-10,14-15H,1-6,11-13H2. The SMILES string of the molecule is C=C1CCCCN1c1ccc2nc(-c3ccc(N4CCCC4)nc3)sc2c1. The van der Waals surface area contributed by atoms with Crippen molar-refractivity contribution in [1.82, 2.24) is 9.97 Å². The van der Waals surface area contributed by atoms with Gasteiger partial charge < -0.3 is 9.80 Å². The van der Waals surface area contributed by atoms with E-state index >= 15 is 0 Å². The fourth-order valence-electron chi connectivity index (χ4n) is 4.05. The second-order valence-electron chi connectivity index (χ2n) is 7.45. The van der Waals surface area contributed by atoms with Crippen LogP contribution in [0.15, 0.2) is 48.8 Å². The highest BCUT2D eigenvalue weighted by atomic mass is 32.1. The third-order valence-electron chi connectivity index (χ3n) is 5.59. The first-order valence-electron chi connectivity index (χ1n) is 9.85. The lowest BCUT2D eigenvalue weighted by molar-refractivity contribution is 0.642. The van der Waals surface area contributed by atoms with Gasteiger partial charge in [-0.2, -0.15) is 0 Å². The van der Waals surface area contributed by atoms with Crippen LogP contribution in [0.4, 0.5) is 11.5 Å². The fraction of sp³-hybridized carbons (Fsp3) is 0.364. The van der Waals surface area contributed by atoms with Crippen molar-refractivity contribution in [3.8, 4) is 10.6 Å². The average molecular weight is 377 g/mol. The Hall–Kier alpha value is -2.40. The summed E-state index contributed by atoms with van der Waals surface area (Å²) in [6.45, 7) is 7.56. The van der Waals surface area contributed by atoms with Gasteiger partial charge in [-0.15, -0.1) is 11.3 Å². The van der Waals surface area contributed by atoms with Gasteiger partial charge in [-0.3, -0.25) is 0 Å². The summed E-state index contributed by atoms with van der Waals surface area (Å²) in [5, 5.41) is 1.04. The molecule has 0 bridgehead atoms. The summed E-state index contributed by atoms with van der Waals surface area (Å²) in [4.78, 5) is 14.2. The van der Waals surface area contributed by atoms with Gasteiger partial charge in [0.2, 0.25) is 0 Å². The summed E-state index contributed by atoms with van der Waals surface area (Å²) >= 11 is 1.75. The van der Waals surface area contributed by atoms with Crippen molar-refractivity contribution < 1.29 is 0 Å². The van der Waals surface area contributed by atoms with Crippen LogP contribution in [-0.4, -0.2) is 29.6 Å². The predicted octanol–water partition coefficient (Wildman–Crippen LogP) is 5.46. The van der Waals surface area contributed by atoms with Crippen LogP contribution in [0.5, 0.6) is 0 Å². The zero-order chi connectivity index (χ0) is 18.2. The van der Waals surface area contributed by atoms with Crippen LogP contribution < -0.4 is 9.80 Å². The number of piperidine rings is 1. The van der Waals surface area contributed by atoms with Crippen LogP contribution in [0.3, 0.4) is 0 Å². The number of pyridine rings is 1. The van der Waals surface area contributed by atoms with E-state index in [0.29, 0.717) is 0 Å². The molecule has 5 heteroatoms. The molecule has 5 rings (SSSR count). The van der Waals surface area contributed by atoms with Gasteiger partial charge in [0.25, 0.3) is 0 Å². The summed E-state index contributed by atoms with van der Waals surface area (Å²) in [6, 6.07) is 10.9. The smallest absolute Gasteiger partial charge is 0.128 e. The van der Waals surface area contributed by atoms with E-state index in [4.69, 9.17) is 4.98 Å². The number of aromatic nitrogens is 2. The summed E-state index contributed by atoms with van der Waals surface area (Å²) in [5.41, 5.74) is 4.63. The van der Waals surface area contributed by atoms with E-state index in [-0.39, 0.29) is 0 Å². The maximum atomic E-state index is 4.84. The van der Waals surface area contributed by atoms with Gasteiger partial charge in [0.15, 0.2) is 0 Å². The van der Waals surface area contributed by atoms with Gasteiger partial charge in [-0.05, 0) is 62.4 Å². The monoisotopic (exact) mass is 376 g/mol. The van der Waals surface area contributed by atoms with E-state index in [1.807, 2.05) is 6.20 Å². The zero-order valence-corrected chi connectivity index (χ0v) is 16.3. The Morgan fingerprint density at radius 3 is 2.59 bits per heavy atom. The van der Waals surface area contributed by atoms with Crippen LogP contribution >= 0.6 is 11.3 Å². The van der Waals surface area contributed by atoms with Crippen LogP contribution in [0, 0.1) is 0 Å². The molecule has 138 valence electrons. The normalized spacial score (nSPS) is 17.9. The number of allylic oxidation sites excluding steroid dienone is 1. The molecule has 2 fully saturated rings. The Kier molecular flexibility index (Phi) is 4.32. The molecule has 0 atom stereocenters. The molecule has 2 aliphatic heterocycles. The molecule has 2 aliphatic rings. The number of thiazole rings is 1. The minimum absolute atomic E-state index is 1.04. The van der Waals surface area contributed by atoms with Crippen molar-refractivity contribution in [3.05, 3.63) is 48.8 Å². The van der Waals surface area contributed by atoms with Gasteiger partial charge in [-0.25, -0.2) is 9.97 Å². The first-order chi connectivity index (χ1) is 13.3. The van der Waals surface area contributed by atoms with Gasteiger partial charge >= 0.3 is 0 Å². The highest BCUT2D eigenvalue weighted by molar-refractivity contribution is 7.21. The Morgan fingerprint density at radius 1 is 0.963 bits per heavy atom.